The van der Waals surface area contributed by atoms with Crippen molar-refractivity contribution in [2.75, 3.05) is 53.1 Å². The second-order valence-corrected chi connectivity index (χ2v) is 17.3. The molecule has 0 saturated carbocycles. The molecule has 4 atom stereocenters. The van der Waals surface area contributed by atoms with Crippen molar-refractivity contribution in [2.24, 2.45) is 20.0 Å². The van der Waals surface area contributed by atoms with Crippen LogP contribution >= 0.6 is 0 Å². The highest BCUT2D eigenvalue weighted by Gasteiger charge is 2.16. The zero-order chi connectivity index (χ0) is 51.3. The second-order valence-electron chi connectivity index (χ2n) is 17.3. The minimum atomic E-state index is -0.534. The number of ether oxygens (including phenoxy) is 6. The van der Waals surface area contributed by atoms with E-state index in [0.29, 0.717) is 87.8 Å². The van der Waals surface area contributed by atoms with Gasteiger partial charge in [0, 0.05) is 62.0 Å². The van der Waals surface area contributed by atoms with Crippen molar-refractivity contribution in [2.45, 2.75) is 196 Å². The first-order valence-corrected chi connectivity index (χ1v) is 24.1. The number of rotatable bonds is 41. The Morgan fingerprint density at radius 1 is 0.368 bits per heavy atom. The quantitative estimate of drug-likeness (QED) is 0.0256. The Bertz CT molecular complexity index is 1710. The zero-order valence-corrected chi connectivity index (χ0v) is 42.8. The molecule has 0 N–H and O–H groups in total. The lowest BCUT2D eigenvalue weighted by Crippen LogP contribution is -2.25. The number of aliphatic imine (C=N–C) groups is 4. The standard InChI is InChI=1S/C50H82N4O14/c1-11-43(55)16-12-13-17-44(56)28-52-36(3)21-25-48(60)67-41(8)33-64-34-42(9)68-50(62)27-23-38(5)54-30-46(58)19-15-14-18-45(57)29-53-37(4)22-26-49(61)66-40(7)32-63-31-39(6)65-47(59)24-20-35(2)51-10/h39-42H,11-34H2,1-10H3. The molecule has 0 radical (unpaired) electrons. The van der Waals surface area contributed by atoms with Gasteiger partial charge in [-0.05, 0) is 107 Å². The van der Waals surface area contributed by atoms with E-state index in [-0.39, 0.29) is 114 Å². The summed E-state index contributed by atoms with van der Waals surface area (Å²) < 4.78 is 32.6. The number of Topliss-reactive ketones (excluding diaryl/α,β-unsaturated/α-hetero) is 4. The van der Waals surface area contributed by atoms with E-state index < -0.39 is 42.3 Å². The molecule has 0 aliphatic heterocycles. The van der Waals surface area contributed by atoms with Gasteiger partial charge in [0.2, 0.25) is 0 Å². The average molecular weight is 963 g/mol. The molecule has 0 bridgehead atoms. The summed E-state index contributed by atoms with van der Waals surface area (Å²) in [5.41, 5.74) is 2.85. The van der Waals surface area contributed by atoms with E-state index in [1.54, 1.807) is 55.5 Å². The Balaban J connectivity index is 4.14. The Labute approximate surface area is 404 Å². The summed E-state index contributed by atoms with van der Waals surface area (Å²) in [5, 5.41) is 0. The van der Waals surface area contributed by atoms with Gasteiger partial charge in [0.15, 0.2) is 17.3 Å². The number of carbonyl (C=O) groups is 8. The highest BCUT2D eigenvalue weighted by atomic mass is 16.6. The van der Waals surface area contributed by atoms with Crippen LogP contribution in [0.5, 0.6) is 0 Å². The lowest BCUT2D eigenvalue weighted by Gasteiger charge is -2.17. The van der Waals surface area contributed by atoms with E-state index in [1.807, 2.05) is 13.8 Å². The van der Waals surface area contributed by atoms with Gasteiger partial charge in [0.1, 0.15) is 30.2 Å². The van der Waals surface area contributed by atoms with Crippen LogP contribution in [-0.4, -0.2) is 147 Å². The Morgan fingerprint density at radius 3 is 0.868 bits per heavy atom. The molecule has 0 aliphatic rings. The first-order valence-electron chi connectivity index (χ1n) is 24.1. The van der Waals surface area contributed by atoms with E-state index in [0.717, 1.165) is 5.71 Å². The van der Waals surface area contributed by atoms with Crippen LogP contribution in [0.15, 0.2) is 20.0 Å². The van der Waals surface area contributed by atoms with Crippen LogP contribution < -0.4 is 0 Å². The number of ketones is 4. The number of unbranched alkanes of at least 4 members (excludes halogenated alkanes) is 2. The van der Waals surface area contributed by atoms with Gasteiger partial charge >= 0.3 is 23.9 Å². The highest BCUT2D eigenvalue weighted by Crippen LogP contribution is 2.09. The van der Waals surface area contributed by atoms with Crippen molar-refractivity contribution in [3.63, 3.8) is 0 Å². The molecule has 0 aromatic heterocycles. The molecule has 0 rings (SSSR count). The molecule has 0 fully saturated rings. The molecule has 4 unspecified atom stereocenters. The summed E-state index contributed by atoms with van der Waals surface area (Å²) >= 11 is 0. The summed E-state index contributed by atoms with van der Waals surface area (Å²) in [4.78, 5) is 114. The van der Waals surface area contributed by atoms with Crippen molar-refractivity contribution < 1.29 is 66.8 Å². The second kappa shape index (κ2) is 39.1. The van der Waals surface area contributed by atoms with Crippen molar-refractivity contribution in [1.29, 1.82) is 0 Å². The molecule has 0 aliphatic carbocycles. The highest BCUT2D eigenvalue weighted by molar-refractivity contribution is 5.91. The van der Waals surface area contributed by atoms with Crippen LogP contribution in [0.1, 0.15) is 171 Å². The van der Waals surface area contributed by atoms with Crippen LogP contribution in [-0.2, 0) is 66.8 Å². The first-order chi connectivity index (χ1) is 32.2. The van der Waals surface area contributed by atoms with Crippen LogP contribution in [0.4, 0.5) is 0 Å². The van der Waals surface area contributed by atoms with E-state index in [1.165, 1.54) is 0 Å². The third kappa shape index (κ3) is 38.2. The van der Waals surface area contributed by atoms with Gasteiger partial charge in [-0.3, -0.25) is 58.3 Å². The topological polar surface area (TPSA) is 241 Å². The molecule has 0 amide bonds. The summed E-state index contributed by atoms with van der Waals surface area (Å²) in [7, 11) is 1.68. The third-order valence-corrected chi connectivity index (χ3v) is 10.2. The molecule has 0 saturated heterocycles. The Morgan fingerprint density at radius 2 is 0.618 bits per heavy atom. The minimum Gasteiger partial charge on any atom is -0.460 e. The average Bonchev–Trinajstić information content (AvgIpc) is 3.29. The lowest BCUT2D eigenvalue weighted by molar-refractivity contribution is -0.156. The van der Waals surface area contributed by atoms with Gasteiger partial charge in [-0.15, -0.1) is 0 Å². The van der Waals surface area contributed by atoms with Gasteiger partial charge in [0.25, 0.3) is 0 Å². The molecule has 68 heavy (non-hydrogen) atoms. The maximum absolute atomic E-state index is 12.4. The largest absolute Gasteiger partial charge is 0.460 e. The van der Waals surface area contributed by atoms with Crippen LogP contribution in [0.3, 0.4) is 0 Å². The SMILES string of the molecule is CCC(=O)CCCCC(=O)CN=C(C)CCC(=O)OC(C)COCC(C)OC(=O)CCC(C)=NCC(=O)CCCCC(=O)CN=C(C)CCC(=O)OC(C)COCC(C)OC(=O)CCC(C)=NC. The van der Waals surface area contributed by atoms with Crippen molar-refractivity contribution in [1.82, 2.24) is 0 Å². The Kier molecular flexibility index (Phi) is 36.3. The van der Waals surface area contributed by atoms with Gasteiger partial charge in [-0.1, -0.05) is 6.92 Å². The fraction of sp³-hybridized carbons (Fsp3) is 0.760. The van der Waals surface area contributed by atoms with Gasteiger partial charge in [0.05, 0.1) is 71.7 Å². The lowest BCUT2D eigenvalue weighted by atomic mass is 10.1. The summed E-state index contributed by atoms with van der Waals surface area (Å²) in [6.07, 6.45) is 4.54. The fourth-order valence-corrected chi connectivity index (χ4v) is 5.92. The van der Waals surface area contributed by atoms with Crippen molar-refractivity contribution >= 4 is 69.9 Å². The Hall–Kier alpha value is -4.84. The smallest absolute Gasteiger partial charge is 0.306 e. The number of hydrogen-bond acceptors (Lipinski definition) is 18. The van der Waals surface area contributed by atoms with Crippen LogP contribution in [0, 0.1) is 0 Å². The van der Waals surface area contributed by atoms with E-state index in [2.05, 4.69) is 20.0 Å². The molecule has 0 spiro atoms. The van der Waals surface area contributed by atoms with Crippen LogP contribution in [0.2, 0.25) is 0 Å². The minimum absolute atomic E-state index is 0.000820. The maximum atomic E-state index is 12.4. The summed E-state index contributed by atoms with van der Waals surface area (Å²) in [6, 6.07) is 0. The molecule has 0 aromatic carbocycles. The van der Waals surface area contributed by atoms with Crippen LogP contribution in [0.25, 0.3) is 0 Å². The van der Waals surface area contributed by atoms with E-state index in [4.69, 9.17) is 28.4 Å². The number of carbonyl (C=O) groups excluding carboxylic acids is 8. The monoisotopic (exact) mass is 963 g/mol. The zero-order valence-electron chi connectivity index (χ0n) is 42.8. The number of nitrogens with zero attached hydrogens (tertiary/aromatic N) is 4. The van der Waals surface area contributed by atoms with Gasteiger partial charge < -0.3 is 28.4 Å². The van der Waals surface area contributed by atoms with Crippen molar-refractivity contribution in [3.8, 4) is 0 Å². The van der Waals surface area contributed by atoms with E-state index >= 15 is 0 Å². The molecule has 0 aromatic rings. The normalized spacial score (nSPS) is 14.1. The van der Waals surface area contributed by atoms with Gasteiger partial charge in [-0.2, -0.15) is 0 Å². The summed E-state index contributed by atoms with van der Waals surface area (Å²) in [5.74, 6) is -1.51. The molecular weight excluding hydrogens is 881 g/mol. The fourth-order valence-electron chi connectivity index (χ4n) is 5.92. The van der Waals surface area contributed by atoms with Crippen molar-refractivity contribution in [3.05, 3.63) is 0 Å². The maximum Gasteiger partial charge on any atom is 0.306 e. The molecule has 0 heterocycles. The predicted octanol–water partition coefficient (Wildman–Crippen LogP) is 7.15. The van der Waals surface area contributed by atoms with Gasteiger partial charge in [-0.25, -0.2) is 0 Å². The summed E-state index contributed by atoms with van der Waals surface area (Å²) in [6.45, 7) is 16.4. The third-order valence-electron chi connectivity index (χ3n) is 10.2. The molecule has 18 nitrogen and oxygen atoms in total. The molecule has 386 valence electrons. The van der Waals surface area contributed by atoms with E-state index in [9.17, 15) is 38.4 Å². The number of esters is 4. The number of hydrogen-bond donors (Lipinski definition) is 0. The first kappa shape index (κ1) is 63.2. The molecular formula is C50H82N4O14. The molecule has 18 heteroatoms. The predicted molar refractivity (Wildman–Crippen MR) is 261 cm³/mol.